The van der Waals surface area contributed by atoms with Gasteiger partial charge in [0.15, 0.2) is 11.5 Å². The minimum atomic E-state index is 0.106. The summed E-state index contributed by atoms with van der Waals surface area (Å²) in [5.41, 5.74) is 2.46. The van der Waals surface area contributed by atoms with Gasteiger partial charge in [0.2, 0.25) is 5.91 Å². The first-order chi connectivity index (χ1) is 15.7. The van der Waals surface area contributed by atoms with Gasteiger partial charge in [-0.2, -0.15) is 0 Å². The Balaban J connectivity index is 1.23. The number of carbonyl (C=O) groups is 1. The van der Waals surface area contributed by atoms with Gasteiger partial charge in [0.1, 0.15) is 0 Å². The monoisotopic (exact) mass is 439 g/mol. The van der Waals surface area contributed by atoms with Crippen molar-refractivity contribution in [3.63, 3.8) is 0 Å². The Morgan fingerprint density at radius 1 is 0.875 bits per heavy atom. The standard InChI is InChI=1S/C26H37N3O3/c1-31-24-12-10-22(20-25(24)32-2)11-13-26(30)27-14-6-7-15-28-16-18-29(19-17-28)21-23-8-4-3-5-9-23/h3-5,8-10,12,20H,6-7,11,13-19,21H2,1-2H3,(H,27,30). The van der Waals surface area contributed by atoms with Gasteiger partial charge in [-0.15, -0.1) is 0 Å². The van der Waals surface area contributed by atoms with Crippen molar-refractivity contribution in [1.82, 2.24) is 15.1 Å². The lowest BCUT2D eigenvalue weighted by atomic mass is 10.1. The number of nitrogens with one attached hydrogen (secondary N) is 1. The Kier molecular flexibility index (Phi) is 9.85. The minimum absolute atomic E-state index is 0.106. The van der Waals surface area contributed by atoms with Gasteiger partial charge >= 0.3 is 0 Å². The van der Waals surface area contributed by atoms with Crippen LogP contribution in [0, 0.1) is 0 Å². The molecule has 6 nitrogen and oxygen atoms in total. The average Bonchev–Trinajstić information content (AvgIpc) is 2.84. The summed E-state index contributed by atoms with van der Waals surface area (Å²) >= 11 is 0. The zero-order chi connectivity index (χ0) is 22.6. The first kappa shape index (κ1) is 24.1. The van der Waals surface area contributed by atoms with Crippen LogP contribution in [0.5, 0.6) is 11.5 Å². The van der Waals surface area contributed by atoms with E-state index in [1.807, 2.05) is 18.2 Å². The maximum Gasteiger partial charge on any atom is 0.220 e. The average molecular weight is 440 g/mol. The number of unbranched alkanes of at least 4 members (excludes halogenated alkanes) is 1. The van der Waals surface area contributed by atoms with E-state index >= 15 is 0 Å². The lowest BCUT2D eigenvalue weighted by Gasteiger charge is -2.34. The molecule has 0 bridgehead atoms. The van der Waals surface area contributed by atoms with Gasteiger partial charge in [-0.25, -0.2) is 0 Å². The molecule has 0 aromatic heterocycles. The van der Waals surface area contributed by atoms with Crippen molar-refractivity contribution >= 4 is 5.91 Å². The number of amides is 1. The number of nitrogens with zero attached hydrogens (tertiary/aromatic N) is 2. The van der Waals surface area contributed by atoms with E-state index in [4.69, 9.17) is 9.47 Å². The first-order valence-corrected chi connectivity index (χ1v) is 11.6. The quantitative estimate of drug-likeness (QED) is 0.514. The number of rotatable bonds is 12. The molecule has 1 aliphatic rings. The van der Waals surface area contributed by atoms with Crippen LogP contribution in [0.2, 0.25) is 0 Å². The molecular formula is C26H37N3O3. The number of hydrogen-bond donors (Lipinski definition) is 1. The minimum Gasteiger partial charge on any atom is -0.493 e. The van der Waals surface area contributed by atoms with Crippen LogP contribution in [0.15, 0.2) is 48.5 Å². The van der Waals surface area contributed by atoms with Crippen LogP contribution in [0.3, 0.4) is 0 Å². The van der Waals surface area contributed by atoms with Gasteiger partial charge in [0.05, 0.1) is 14.2 Å². The van der Waals surface area contributed by atoms with Gasteiger partial charge in [0, 0.05) is 45.7 Å². The third-order valence-corrected chi connectivity index (χ3v) is 6.03. The van der Waals surface area contributed by atoms with E-state index in [1.165, 1.54) is 5.56 Å². The summed E-state index contributed by atoms with van der Waals surface area (Å²) in [6, 6.07) is 16.5. The van der Waals surface area contributed by atoms with Crippen LogP contribution in [-0.4, -0.2) is 69.2 Å². The number of ether oxygens (including phenoxy) is 2. The molecule has 0 atom stereocenters. The van der Waals surface area contributed by atoms with Crippen molar-refractivity contribution in [2.24, 2.45) is 0 Å². The fourth-order valence-corrected chi connectivity index (χ4v) is 4.08. The van der Waals surface area contributed by atoms with Crippen LogP contribution in [0.1, 0.15) is 30.4 Å². The number of aryl methyl sites for hydroxylation is 1. The van der Waals surface area contributed by atoms with Gasteiger partial charge in [-0.3, -0.25) is 9.69 Å². The number of piperazine rings is 1. The molecule has 1 saturated heterocycles. The molecule has 1 fully saturated rings. The number of hydrogen-bond acceptors (Lipinski definition) is 5. The maximum absolute atomic E-state index is 12.2. The summed E-state index contributed by atoms with van der Waals surface area (Å²) in [7, 11) is 3.25. The maximum atomic E-state index is 12.2. The molecule has 32 heavy (non-hydrogen) atoms. The molecule has 0 saturated carbocycles. The van der Waals surface area contributed by atoms with Crippen LogP contribution in [0.4, 0.5) is 0 Å². The molecule has 0 radical (unpaired) electrons. The smallest absolute Gasteiger partial charge is 0.220 e. The Labute approximate surface area is 192 Å². The molecule has 0 unspecified atom stereocenters. The summed E-state index contributed by atoms with van der Waals surface area (Å²) in [4.78, 5) is 17.2. The van der Waals surface area contributed by atoms with E-state index in [1.54, 1.807) is 14.2 Å². The second-order valence-corrected chi connectivity index (χ2v) is 8.35. The molecule has 1 N–H and O–H groups in total. The molecule has 6 heteroatoms. The molecule has 3 rings (SSSR count). The van der Waals surface area contributed by atoms with E-state index in [0.717, 1.165) is 64.2 Å². The van der Waals surface area contributed by atoms with Crippen LogP contribution < -0.4 is 14.8 Å². The molecule has 0 spiro atoms. The number of methoxy groups -OCH3 is 2. The largest absolute Gasteiger partial charge is 0.493 e. The van der Waals surface area contributed by atoms with E-state index in [0.29, 0.717) is 24.3 Å². The van der Waals surface area contributed by atoms with Crippen molar-refractivity contribution in [3.8, 4) is 11.5 Å². The first-order valence-electron chi connectivity index (χ1n) is 11.6. The Bertz CT molecular complexity index is 820. The molecular weight excluding hydrogens is 402 g/mol. The highest BCUT2D eigenvalue weighted by molar-refractivity contribution is 5.76. The van der Waals surface area contributed by atoms with Crippen LogP contribution in [-0.2, 0) is 17.8 Å². The second kappa shape index (κ2) is 13.1. The zero-order valence-corrected chi connectivity index (χ0v) is 19.5. The van der Waals surface area contributed by atoms with Gasteiger partial charge in [-0.1, -0.05) is 36.4 Å². The van der Waals surface area contributed by atoms with Crippen molar-refractivity contribution in [2.45, 2.75) is 32.2 Å². The highest BCUT2D eigenvalue weighted by atomic mass is 16.5. The van der Waals surface area contributed by atoms with Gasteiger partial charge in [0.25, 0.3) is 0 Å². The Morgan fingerprint density at radius 3 is 2.31 bits per heavy atom. The lowest BCUT2D eigenvalue weighted by Crippen LogP contribution is -2.46. The molecule has 174 valence electrons. The SMILES string of the molecule is COc1ccc(CCC(=O)NCCCCN2CCN(Cc3ccccc3)CC2)cc1OC. The Hall–Kier alpha value is -2.57. The van der Waals surface area contributed by atoms with E-state index in [-0.39, 0.29) is 5.91 Å². The highest BCUT2D eigenvalue weighted by Gasteiger charge is 2.16. The highest BCUT2D eigenvalue weighted by Crippen LogP contribution is 2.27. The molecule has 2 aromatic rings. The molecule has 1 amide bonds. The van der Waals surface area contributed by atoms with Crippen molar-refractivity contribution in [2.75, 3.05) is 53.5 Å². The van der Waals surface area contributed by atoms with Gasteiger partial charge in [-0.05, 0) is 49.1 Å². The molecule has 1 aliphatic heterocycles. The third-order valence-electron chi connectivity index (χ3n) is 6.03. The van der Waals surface area contributed by atoms with Crippen LogP contribution >= 0.6 is 0 Å². The van der Waals surface area contributed by atoms with Crippen LogP contribution in [0.25, 0.3) is 0 Å². The van der Waals surface area contributed by atoms with Crippen molar-refractivity contribution in [1.29, 1.82) is 0 Å². The van der Waals surface area contributed by atoms with Crippen molar-refractivity contribution < 1.29 is 14.3 Å². The van der Waals surface area contributed by atoms with Gasteiger partial charge < -0.3 is 19.7 Å². The zero-order valence-electron chi connectivity index (χ0n) is 19.5. The Morgan fingerprint density at radius 2 is 1.59 bits per heavy atom. The fourth-order valence-electron chi connectivity index (χ4n) is 4.08. The van der Waals surface area contributed by atoms with E-state index in [9.17, 15) is 4.79 Å². The molecule has 2 aromatic carbocycles. The normalized spacial score (nSPS) is 14.8. The number of carbonyl (C=O) groups excluding carboxylic acids is 1. The van der Waals surface area contributed by atoms with E-state index in [2.05, 4.69) is 45.4 Å². The lowest BCUT2D eigenvalue weighted by molar-refractivity contribution is -0.121. The predicted molar refractivity (Wildman–Crippen MR) is 128 cm³/mol. The molecule has 1 heterocycles. The third kappa shape index (κ3) is 7.84. The predicted octanol–water partition coefficient (Wildman–Crippen LogP) is 3.35. The topological polar surface area (TPSA) is 54.0 Å². The summed E-state index contributed by atoms with van der Waals surface area (Å²) < 4.78 is 10.6. The van der Waals surface area contributed by atoms with Crippen molar-refractivity contribution in [3.05, 3.63) is 59.7 Å². The van der Waals surface area contributed by atoms with E-state index < -0.39 is 0 Å². The molecule has 0 aliphatic carbocycles. The summed E-state index contributed by atoms with van der Waals surface area (Å²) in [5.74, 6) is 1.51. The summed E-state index contributed by atoms with van der Waals surface area (Å²) in [5, 5.41) is 3.05. The second-order valence-electron chi connectivity index (χ2n) is 8.35. The fraction of sp³-hybridized carbons (Fsp3) is 0.500. The number of benzene rings is 2. The summed E-state index contributed by atoms with van der Waals surface area (Å²) in [6.07, 6.45) is 3.32. The summed E-state index contributed by atoms with van der Waals surface area (Å²) in [6.45, 7) is 7.42.